The number of carbonyl (C=O) groups is 6. The number of ether oxygens (including phenoxy) is 2. The van der Waals surface area contributed by atoms with Gasteiger partial charge in [-0.05, 0) is 0 Å². The van der Waals surface area contributed by atoms with Gasteiger partial charge in [-0.1, -0.05) is 0 Å². The number of carbonyl (C=O) groups excluding carboxylic acids is 4. The van der Waals surface area contributed by atoms with Gasteiger partial charge in [-0.25, -0.2) is 0 Å². The van der Waals surface area contributed by atoms with Gasteiger partial charge in [0.25, 0.3) is 0 Å². The Morgan fingerprint density at radius 2 is 0.962 bits per heavy atom. The number of esters is 2. The second kappa shape index (κ2) is 9.07. The number of Topliss-reactive ketones (excluding diaryl/α,β-unsaturated/α-hetero) is 2. The summed E-state index contributed by atoms with van der Waals surface area (Å²) in [4.78, 5) is 65.1. The molecule has 0 aromatic heterocycles. The maximum Gasteiger partial charge on any atom is 0.309 e. The highest BCUT2D eigenvalue weighted by Crippen LogP contribution is 2.31. The van der Waals surface area contributed by atoms with E-state index >= 15 is 0 Å². The largest absolute Gasteiger partial charge is 0.481 e. The van der Waals surface area contributed by atoms with Crippen LogP contribution in [0.1, 0.15) is 25.7 Å². The highest BCUT2D eigenvalue weighted by Gasteiger charge is 2.43. The summed E-state index contributed by atoms with van der Waals surface area (Å²) in [5.74, 6) is -7.23. The van der Waals surface area contributed by atoms with Gasteiger partial charge >= 0.3 is 23.9 Å². The fraction of sp³-hybridized carbons (Fsp3) is 0.625. The number of rotatable bonds is 4. The van der Waals surface area contributed by atoms with Crippen molar-refractivity contribution in [1.29, 1.82) is 0 Å². The average Bonchev–Trinajstić information content (AvgIpc) is 3.17. The smallest absolute Gasteiger partial charge is 0.309 e. The van der Waals surface area contributed by atoms with Gasteiger partial charge < -0.3 is 19.7 Å². The Hall–Kier alpha value is -2.78. The summed E-state index contributed by atoms with van der Waals surface area (Å²) in [5.41, 5.74) is 0. The lowest BCUT2D eigenvalue weighted by molar-refractivity contribution is -0.154. The van der Waals surface area contributed by atoms with E-state index in [1.54, 1.807) is 0 Å². The quantitative estimate of drug-likeness (QED) is 0.625. The molecule has 0 radical (unpaired) electrons. The maximum absolute atomic E-state index is 11.0. The summed E-state index contributed by atoms with van der Waals surface area (Å²) < 4.78 is 8.82. The van der Waals surface area contributed by atoms with E-state index in [9.17, 15) is 28.8 Å². The molecule has 2 saturated carbocycles. The predicted molar refractivity (Wildman–Crippen MR) is 81.7 cm³/mol. The third kappa shape index (κ3) is 5.11. The van der Waals surface area contributed by atoms with Gasteiger partial charge in [-0.3, -0.25) is 28.8 Å². The molecule has 10 heteroatoms. The van der Waals surface area contributed by atoms with Crippen molar-refractivity contribution in [2.75, 3.05) is 14.2 Å². The van der Waals surface area contributed by atoms with Gasteiger partial charge in [0.2, 0.25) is 0 Å². The zero-order valence-corrected chi connectivity index (χ0v) is 14.3. The van der Waals surface area contributed by atoms with E-state index in [-0.39, 0.29) is 37.2 Å². The molecular weight excluding hydrogens is 352 g/mol. The molecule has 2 N–H and O–H groups in total. The number of carboxylic acids is 2. The van der Waals surface area contributed by atoms with E-state index in [2.05, 4.69) is 9.47 Å². The van der Waals surface area contributed by atoms with E-state index in [0.717, 1.165) is 0 Å². The summed E-state index contributed by atoms with van der Waals surface area (Å²) >= 11 is 0. The molecule has 0 aliphatic heterocycles. The van der Waals surface area contributed by atoms with Crippen LogP contribution in [-0.2, 0) is 38.2 Å². The molecule has 2 rings (SSSR count). The Kier molecular flexibility index (Phi) is 7.41. The Bertz CT molecular complexity index is 569. The van der Waals surface area contributed by atoms with Crippen molar-refractivity contribution in [2.24, 2.45) is 23.7 Å². The lowest BCUT2D eigenvalue weighted by Crippen LogP contribution is -2.26. The maximum atomic E-state index is 11.0. The molecule has 0 aromatic rings. The SMILES string of the molecule is COC(=O)[C@@H]1CC(=O)C[C@H]1C(=O)O.COC(=O)[C@H]1CC(=O)C[C@@H]1C(=O)O. The first kappa shape index (κ1) is 21.3. The molecule has 2 fully saturated rings. The Balaban J connectivity index is 0.000000260. The molecular formula is C16H20O10. The number of hydrogen-bond acceptors (Lipinski definition) is 8. The zero-order chi connectivity index (χ0) is 20.0. The van der Waals surface area contributed by atoms with Gasteiger partial charge in [0.15, 0.2) is 0 Å². The van der Waals surface area contributed by atoms with Crippen LogP contribution in [0.4, 0.5) is 0 Å². The van der Waals surface area contributed by atoms with Crippen molar-refractivity contribution in [3.8, 4) is 0 Å². The van der Waals surface area contributed by atoms with Crippen LogP contribution in [0.3, 0.4) is 0 Å². The molecule has 0 spiro atoms. The van der Waals surface area contributed by atoms with E-state index in [1.165, 1.54) is 14.2 Å². The number of hydrogen-bond donors (Lipinski definition) is 2. The summed E-state index contributed by atoms with van der Waals surface area (Å²) in [5, 5.41) is 17.4. The normalized spacial score (nSPS) is 27.3. The molecule has 10 nitrogen and oxygen atoms in total. The van der Waals surface area contributed by atoms with E-state index in [0.29, 0.717) is 0 Å². The van der Waals surface area contributed by atoms with E-state index in [1.807, 2.05) is 0 Å². The predicted octanol–water partition coefficient (Wildman–Crippen LogP) is -0.321. The van der Waals surface area contributed by atoms with Crippen molar-refractivity contribution in [3.63, 3.8) is 0 Å². The van der Waals surface area contributed by atoms with Crippen LogP contribution in [0.15, 0.2) is 0 Å². The highest BCUT2D eigenvalue weighted by atomic mass is 16.5. The van der Waals surface area contributed by atoms with Gasteiger partial charge in [0.1, 0.15) is 11.6 Å². The third-order valence-corrected chi connectivity index (χ3v) is 4.40. The molecule has 0 saturated heterocycles. The highest BCUT2D eigenvalue weighted by molar-refractivity contribution is 5.95. The van der Waals surface area contributed by atoms with Crippen LogP contribution in [-0.4, -0.2) is 59.9 Å². The molecule has 0 unspecified atom stereocenters. The third-order valence-electron chi connectivity index (χ3n) is 4.40. The van der Waals surface area contributed by atoms with Crippen molar-refractivity contribution in [1.82, 2.24) is 0 Å². The van der Waals surface area contributed by atoms with Crippen molar-refractivity contribution in [3.05, 3.63) is 0 Å². The fourth-order valence-corrected chi connectivity index (χ4v) is 3.03. The Morgan fingerprint density at radius 3 is 1.19 bits per heavy atom. The lowest BCUT2D eigenvalue weighted by atomic mass is 9.97. The van der Waals surface area contributed by atoms with Gasteiger partial charge in [-0.15, -0.1) is 0 Å². The Morgan fingerprint density at radius 1 is 0.692 bits per heavy atom. The fourth-order valence-electron chi connectivity index (χ4n) is 3.03. The van der Waals surface area contributed by atoms with Crippen LogP contribution in [0.25, 0.3) is 0 Å². The van der Waals surface area contributed by atoms with E-state index in [4.69, 9.17) is 10.2 Å². The van der Waals surface area contributed by atoms with Crippen molar-refractivity contribution in [2.45, 2.75) is 25.7 Å². The average molecular weight is 372 g/mol. The lowest BCUT2D eigenvalue weighted by Gasteiger charge is -2.11. The summed E-state index contributed by atoms with van der Waals surface area (Å²) in [6.07, 6.45) is -0.141. The van der Waals surface area contributed by atoms with Crippen LogP contribution >= 0.6 is 0 Å². The molecule has 26 heavy (non-hydrogen) atoms. The van der Waals surface area contributed by atoms with Gasteiger partial charge in [0.05, 0.1) is 37.9 Å². The van der Waals surface area contributed by atoms with Gasteiger partial charge in [0, 0.05) is 25.7 Å². The van der Waals surface area contributed by atoms with Crippen LogP contribution in [0.5, 0.6) is 0 Å². The van der Waals surface area contributed by atoms with Crippen molar-refractivity contribution < 1.29 is 48.5 Å². The van der Waals surface area contributed by atoms with Crippen LogP contribution in [0, 0.1) is 23.7 Å². The molecule has 0 aromatic carbocycles. The number of carboxylic acid groups (broad SMARTS) is 2. The minimum Gasteiger partial charge on any atom is -0.481 e. The monoisotopic (exact) mass is 372 g/mol. The minimum atomic E-state index is -1.11. The van der Waals surface area contributed by atoms with Gasteiger partial charge in [-0.2, -0.15) is 0 Å². The second-order valence-corrected chi connectivity index (χ2v) is 6.04. The molecule has 144 valence electrons. The Labute approximate surface area is 148 Å². The molecule has 0 bridgehead atoms. The second-order valence-electron chi connectivity index (χ2n) is 6.04. The number of ketones is 2. The first-order chi connectivity index (χ1) is 12.1. The molecule has 2 aliphatic carbocycles. The zero-order valence-electron chi connectivity index (χ0n) is 14.3. The molecule has 0 amide bonds. The van der Waals surface area contributed by atoms with Crippen LogP contribution in [0.2, 0.25) is 0 Å². The van der Waals surface area contributed by atoms with E-state index < -0.39 is 47.5 Å². The topological polar surface area (TPSA) is 161 Å². The van der Waals surface area contributed by atoms with Crippen molar-refractivity contribution >= 4 is 35.4 Å². The molecule has 4 atom stereocenters. The summed E-state index contributed by atoms with van der Waals surface area (Å²) in [6, 6.07) is 0. The van der Waals surface area contributed by atoms with Crippen LogP contribution < -0.4 is 0 Å². The number of methoxy groups -OCH3 is 2. The molecule has 0 heterocycles. The first-order valence-electron chi connectivity index (χ1n) is 7.77. The molecule has 2 aliphatic rings. The minimum absolute atomic E-state index is 0.0103. The first-order valence-corrected chi connectivity index (χ1v) is 7.77. The number of aliphatic carboxylic acids is 2. The standard InChI is InChI=1S/2C8H10O5/c2*1-13-8(12)6-3-4(9)2-5(6)7(10)11/h2*5-6H,2-3H2,1H3,(H,10,11)/t2*5-,6-/m10/s1. The summed E-state index contributed by atoms with van der Waals surface area (Å²) in [7, 11) is 2.37. The summed E-state index contributed by atoms with van der Waals surface area (Å²) in [6.45, 7) is 0.